The summed E-state index contributed by atoms with van der Waals surface area (Å²) >= 11 is 0. The lowest BCUT2D eigenvalue weighted by atomic mass is 9.97. The van der Waals surface area contributed by atoms with Crippen LogP contribution < -0.4 is 0 Å². The third-order valence-electron chi connectivity index (χ3n) is 4.92. The van der Waals surface area contributed by atoms with E-state index in [1.807, 2.05) is 18.5 Å². The summed E-state index contributed by atoms with van der Waals surface area (Å²) in [5.74, 6) is 0. The van der Waals surface area contributed by atoms with Crippen molar-refractivity contribution < 1.29 is 0 Å². The van der Waals surface area contributed by atoms with Crippen LogP contribution in [-0.4, -0.2) is 53.0 Å². The minimum Gasteiger partial charge on any atom is -0.300 e. The maximum Gasteiger partial charge on any atom is 0.0353 e. The van der Waals surface area contributed by atoms with Crippen LogP contribution in [0, 0.1) is 0 Å². The molecule has 1 atom stereocenters. The summed E-state index contributed by atoms with van der Waals surface area (Å²) in [6, 6.07) is 5.86. The number of pyridine rings is 1. The van der Waals surface area contributed by atoms with Crippen molar-refractivity contribution in [1.29, 1.82) is 0 Å². The van der Waals surface area contributed by atoms with Crippen LogP contribution in [0.5, 0.6) is 0 Å². The summed E-state index contributed by atoms with van der Waals surface area (Å²) in [6.45, 7) is 7.56. The number of aryl methyl sites for hydroxylation is 1. The minimum absolute atomic E-state index is 0.811. The summed E-state index contributed by atoms with van der Waals surface area (Å²) in [5, 5.41) is 0. The molecule has 0 N–H and O–H groups in total. The normalized spacial score (nSPS) is 25.6. The molecular weight excluding hydrogens is 246 g/mol. The zero-order valence-electron chi connectivity index (χ0n) is 12.7. The van der Waals surface area contributed by atoms with Crippen molar-refractivity contribution >= 4 is 0 Å². The van der Waals surface area contributed by atoms with Gasteiger partial charge in [-0.3, -0.25) is 9.88 Å². The van der Waals surface area contributed by atoms with Crippen LogP contribution in [0.3, 0.4) is 0 Å². The van der Waals surface area contributed by atoms with Crippen molar-refractivity contribution in [2.75, 3.05) is 26.2 Å². The Kier molecular flexibility index (Phi) is 4.69. The molecule has 0 amide bonds. The number of hydrogen-bond acceptors (Lipinski definition) is 3. The third-order valence-corrected chi connectivity index (χ3v) is 4.92. The van der Waals surface area contributed by atoms with Crippen molar-refractivity contribution in [3.05, 3.63) is 30.1 Å². The molecule has 2 aliphatic heterocycles. The molecular formula is C17H27N3. The molecule has 0 radical (unpaired) electrons. The highest BCUT2D eigenvalue weighted by molar-refractivity contribution is 5.08. The highest BCUT2D eigenvalue weighted by atomic mass is 15.3. The maximum atomic E-state index is 4.18. The lowest BCUT2D eigenvalue weighted by Crippen LogP contribution is -2.62. The lowest BCUT2D eigenvalue weighted by molar-refractivity contribution is -0.00243. The Morgan fingerprint density at radius 2 is 2.20 bits per heavy atom. The molecule has 110 valence electrons. The predicted molar refractivity (Wildman–Crippen MR) is 82.8 cm³/mol. The van der Waals surface area contributed by atoms with E-state index < -0.39 is 0 Å². The first-order valence-corrected chi connectivity index (χ1v) is 8.20. The Hall–Kier alpha value is -0.930. The number of nitrogens with zero attached hydrogens (tertiary/aromatic N) is 3. The van der Waals surface area contributed by atoms with Gasteiger partial charge in [-0.2, -0.15) is 0 Å². The third kappa shape index (κ3) is 3.39. The van der Waals surface area contributed by atoms with Crippen LogP contribution in [0.25, 0.3) is 0 Å². The van der Waals surface area contributed by atoms with E-state index in [2.05, 4.69) is 27.8 Å². The fourth-order valence-electron chi connectivity index (χ4n) is 3.65. The Bertz CT molecular complexity index is 400. The van der Waals surface area contributed by atoms with Crippen LogP contribution in [-0.2, 0) is 6.42 Å². The Morgan fingerprint density at radius 3 is 2.95 bits per heavy atom. The molecule has 20 heavy (non-hydrogen) atoms. The zero-order valence-corrected chi connectivity index (χ0v) is 12.7. The summed E-state index contributed by atoms with van der Waals surface area (Å²) in [7, 11) is 0. The molecule has 2 saturated heterocycles. The van der Waals surface area contributed by atoms with E-state index in [0.717, 1.165) is 18.5 Å². The van der Waals surface area contributed by atoms with Gasteiger partial charge in [-0.05, 0) is 57.3 Å². The largest absolute Gasteiger partial charge is 0.300 e. The second kappa shape index (κ2) is 6.68. The number of hydrogen-bond donors (Lipinski definition) is 0. The number of likely N-dealkylation sites (tertiary alicyclic amines) is 2. The molecule has 1 aromatic rings. The Labute approximate surface area is 123 Å². The molecule has 0 aromatic carbocycles. The van der Waals surface area contributed by atoms with Gasteiger partial charge in [-0.1, -0.05) is 12.5 Å². The summed E-state index contributed by atoms with van der Waals surface area (Å²) in [6.07, 6.45) is 10.5. The fourth-order valence-corrected chi connectivity index (χ4v) is 3.65. The number of piperidine rings is 1. The van der Waals surface area contributed by atoms with Gasteiger partial charge in [-0.25, -0.2) is 0 Å². The molecule has 0 aliphatic carbocycles. The quantitative estimate of drug-likeness (QED) is 0.822. The zero-order chi connectivity index (χ0) is 13.8. The van der Waals surface area contributed by atoms with Gasteiger partial charge in [-0.15, -0.1) is 0 Å². The van der Waals surface area contributed by atoms with Gasteiger partial charge < -0.3 is 4.90 Å². The predicted octanol–water partition coefficient (Wildman–Crippen LogP) is 2.57. The smallest absolute Gasteiger partial charge is 0.0353 e. The van der Waals surface area contributed by atoms with E-state index in [0.29, 0.717) is 0 Å². The van der Waals surface area contributed by atoms with Crippen LogP contribution in [0.4, 0.5) is 0 Å². The lowest BCUT2D eigenvalue weighted by Gasteiger charge is -2.49. The van der Waals surface area contributed by atoms with E-state index in [1.54, 1.807) is 0 Å². The highest BCUT2D eigenvalue weighted by Crippen LogP contribution is 2.24. The van der Waals surface area contributed by atoms with Gasteiger partial charge in [0.15, 0.2) is 0 Å². The first kappa shape index (κ1) is 14.0. The van der Waals surface area contributed by atoms with Crippen LogP contribution in [0.15, 0.2) is 24.5 Å². The average molecular weight is 273 g/mol. The summed E-state index contributed by atoms with van der Waals surface area (Å²) in [4.78, 5) is 9.54. The van der Waals surface area contributed by atoms with Gasteiger partial charge in [0.2, 0.25) is 0 Å². The van der Waals surface area contributed by atoms with Crippen LogP contribution in [0.1, 0.15) is 38.2 Å². The molecule has 0 spiro atoms. The van der Waals surface area contributed by atoms with Crippen molar-refractivity contribution in [2.45, 2.75) is 51.1 Å². The van der Waals surface area contributed by atoms with Gasteiger partial charge >= 0.3 is 0 Å². The van der Waals surface area contributed by atoms with Gasteiger partial charge in [0.25, 0.3) is 0 Å². The van der Waals surface area contributed by atoms with Crippen LogP contribution in [0.2, 0.25) is 0 Å². The van der Waals surface area contributed by atoms with Gasteiger partial charge in [0.05, 0.1) is 0 Å². The van der Waals surface area contributed by atoms with Crippen molar-refractivity contribution in [3.8, 4) is 0 Å². The molecule has 3 heteroatoms. The van der Waals surface area contributed by atoms with Crippen molar-refractivity contribution in [1.82, 2.24) is 14.8 Å². The van der Waals surface area contributed by atoms with E-state index in [1.165, 1.54) is 57.4 Å². The fraction of sp³-hybridized carbons (Fsp3) is 0.706. The number of aromatic nitrogens is 1. The topological polar surface area (TPSA) is 19.4 Å². The first-order chi connectivity index (χ1) is 9.83. The molecule has 2 fully saturated rings. The highest BCUT2D eigenvalue weighted by Gasteiger charge is 2.34. The molecule has 1 aromatic heterocycles. The van der Waals surface area contributed by atoms with E-state index >= 15 is 0 Å². The second-order valence-electron chi connectivity index (χ2n) is 6.46. The molecule has 0 unspecified atom stereocenters. The van der Waals surface area contributed by atoms with Gasteiger partial charge in [0.1, 0.15) is 0 Å². The Morgan fingerprint density at radius 1 is 1.30 bits per heavy atom. The van der Waals surface area contributed by atoms with Crippen molar-refractivity contribution in [2.24, 2.45) is 0 Å². The summed E-state index contributed by atoms with van der Waals surface area (Å²) in [5.41, 5.74) is 1.37. The van der Waals surface area contributed by atoms with E-state index in [-0.39, 0.29) is 0 Å². The molecule has 3 nitrogen and oxygen atoms in total. The Balaban J connectivity index is 1.34. The molecule has 3 heterocycles. The first-order valence-electron chi connectivity index (χ1n) is 8.20. The second-order valence-corrected chi connectivity index (χ2v) is 6.46. The average Bonchev–Trinajstić information content (AvgIpc) is 2.44. The number of rotatable bonds is 5. The molecule has 2 aliphatic rings. The van der Waals surface area contributed by atoms with Crippen LogP contribution >= 0.6 is 0 Å². The maximum absolute atomic E-state index is 4.18. The molecule has 0 bridgehead atoms. The minimum atomic E-state index is 0.811. The van der Waals surface area contributed by atoms with E-state index in [9.17, 15) is 0 Å². The molecule has 3 rings (SSSR count). The SMILES string of the molecule is C[C@H]1CCCCN1C1CN(CCCc2cccnc2)C1. The standard InChI is InChI=1S/C17H27N3/c1-15-6-2-3-11-20(15)17-13-19(14-17)10-5-8-16-7-4-9-18-12-16/h4,7,9,12,15,17H,2-3,5-6,8,10-11,13-14H2,1H3/t15-/m0/s1. The van der Waals surface area contributed by atoms with Gasteiger partial charge in [0, 0.05) is 37.6 Å². The monoisotopic (exact) mass is 273 g/mol. The van der Waals surface area contributed by atoms with E-state index in [4.69, 9.17) is 0 Å². The molecule has 0 saturated carbocycles. The van der Waals surface area contributed by atoms with Crippen molar-refractivity contribution in [3.63, 3.8) is 0 Å². The summed E-state index contributed by atoms with van der Waals surface area (Å²) < 4.78 is 0.